The Morgan fingerprint density at radius 3 is 2.35 bits per heavy atom. The van der Waals surface area contributed by atoms with Crippen LogP contribution in [0.3, 0.4) is 0 Å². The van der Waals surface area contributed by atoms with Crippen LogP contribution in [0, 0.1) is 5.92 Å². The number of nitrogen functional groups attached to an aromatic ring is 1. The highest BCUT2D eigenvalue weighted by Gasteiger charge is 2.26. The molecule has 1 atom stereocenters. The molecular formula is C20H24N2O4. The topological polar surface area (TPSA) is 81.9 Å². The molecular weight excluding hydrogens is 332 g/mol. The molecule has 0 fully saturated rings. The van der Waals surface area contributed by atoms with Crippen LogP contribution >= 0.6 is 0 Å². The number of hydrogen-bond donors (Lipinski definition) is 1. The summed E-state index contributed by atoms with van der Waals surface area (Å²) in [6, 6.07) is 12.2. The second-order valence-electron chi connectivity index (χ2n) is 6.08. The summed E-state index contributed by atoms with van der Waals surface area (Å²) in [4.78, 5) is 26.1. The van der Waals surface area contributed by atoms with Gasteiger partial charge in [0, 0.05) is 18.5 Å². The molecule has 0 heterocycles. The Hall–Kier alpha value is -3.02. The Bertz CT molecular complexity index is 804. The Morgan fingerprint density at radius 1 is 1.08 bits per heavy atom. The number of hydrogen-bond acceptors (Lipinski definition) is 5. The van der Waals surface area contributed by atoms with Crippen LogP contribution in [0.5, 0.6) is 11.5 Å². The first-order valence-corrected chi connectivity index (χ1v) is 8.28. The molecule has 1 unspecified atom stereocenters. The molecule has 0 saturated heterocycles. The minimum Gasteiger partial charge on any atom is -0.493 e. The van der Waals surface area contributed by atoms with Gasteiger partial charge in [0.2, 0.25) is 11.8 Å². The zero-order valence-electron chi connectivity index (χ0n) is 15.5. The van der Waals surface area contributed by atoms with E-state index in [1.807, 2.05) is 12.1 Å². The van der Waals surface area contributed by atoms with E-state index in [2.05, 4.69) is 0 Å². The average Bonchev–Trinajstić information content (AvgIpc) is 2.61. The van der Waals surface area contributed by atoms with Gasteiger partial charge in [0.1, 0.15) is 0 Å². The maximum Gasteiger partial charge on any atom is 0.236 e. The van der Waals surface area contributed by atoms with Crippen molar-refractivity contribution in [1.29, 1.82) is 0 Å². The van der Waals surface area contributed by atoms with Crippen LogP contribution in [0.15, 0.2) is 42.5 Å². The molecule has 0 aromatic heterocycles. The fourth-order valence-corrected chi connectivity index (χ4v) is 2.80. The third-order valence-corrected chi connectivity index (χ3v) is 4.08. The predicted molar refractivity (Wildman–Crippen MR) is 101 cm³/mol. The molecule has 2 aromatic rings. The van der Waals surface area contributed by atoms with Crippen molar-refractivity contribution in [1.82, 2.24) is 0 Å². The second kappa shape index (κ2) is 8.38. The number of carbonyl (C=O) groups is 2. The number of nitrogens with two attached hydrogens (primary N) is 1. The van der Waals surface area contributed by atoms with Crippen molar-refractivity contribution in [3.8, 4) is 11.5 Å². The Labute approximate surface area is 153 Å². The summed E-state index contributed by atoms with van der Waals surface area (Å²) in [7, 11) is 3.13. The normalized spacial score (nSPS) is 11.5. The van der Waals surface area contributed by atoms with Crippen molar-refractivity contribution in [2.75, 3.05) is 24.9 Å². The summed E-state index contributed by atoms with van der Waals surface area (Å²) in [5.74, 6) is 0.195. The monoisotopic (exact) mass is 356 g/mol. The van der Waals surface area contributed by atoms with E-state index in [9.17, 15) is 9.59 Å². The third kappa shape index (κ3) is 4.33. The fourth-order valence-electron chi connectivity index (χ4n) is 2.80. The second-order valence-corrected chi connectivity index (χ2v) is 6.08. The van der Waals surface area contributed by atoms with Gasteiger partial charge in [-0.3, -0.25) is 14.5 Å². The highest BCUT2D eigenvalue weighted by Crippen LogP contribution is 2.29. The average molecular weight is 356 g/mol. The van der Waals surface area contributed by atoms with E-state index in [0.717, 1.165) is 5.56 Å². The summed E-state index contributed by atoms with van der Waals surface area (Å²) in [6.07, 6.45) is 0.464. The molecule has 0 bridgehead atoms. The van der Waals surface area contributed by atoms with E-state index < -0.39 is 5.92 Å². The van der Waals surface area contributed by atoms with E-state index in [1.54, 1.807) is 51.5 Å². The summed E-state index contributed by atoms with van der Waals surface area (Å²) >= 11 is 0. The lowest BCUT2D eigenvalue weighted by molar-refractivity contribution is -0.127. The van der Waals surface area contributed by atoms with Crippen LogP contribution in [0.4, 0.5) is 11.4 Å². The number of ether oxygens (including phenoxy) is 2. The van der Waals surface area contributed by atoms with E-state index in [1.165, 1.54) is 11.8 Å². The molecule has 0 aliphatic heterocycles. The maximum absolute atomic E-state index is 12.9. The van der Waals surface area contributed by atoms with Gasteiger partial charge in [-0.1, -0.05) is 19.1 Å². The third-order valence-electron chi connectivity index (χ3n) is 4.08. The predicted octanol–water partition coefficient (Wildman–Crippen LogP) is 3.04. The zero-order valence-corrected chi connectivity index (χ0v) is 15.5. The van der Waals surface area contributed by atoms with Crippen molar-refractivity contribution in [3.63, 3.8) is 0 Å². The number of methoxy groups -OCH3 is 2. The van der Waals surface area contributed by atoms with Gasteiger partial charge in [-0.2, -0.15) is 0 Å². The number of carbonyl (C=O) groups excluding carboxylic acids is 2. The number of imide groups is 1. The minimum absolute atomic E-state index is 0.280. The quantitative estimate of drug-likeness (QED) is 0.805. The zero-order chi connectivity index (χ0) is 19.3. The number of amides is 2. The Morgan fingerprint density at radius 2 is 1.77 bits per heavy atom. The van der Waals surface area contributed by atoms with Gasteiger partial charge in [-0.25, -0.2) is 0 Å². The summed E-state index contributed by atoms with van der Waals surface area (Å²) in [5.41, 5.74) is 7.67. The minimum atomic E-state index is -0.404. The first kappa shape index (κ1) is 19.3. The van der Waals surface area contributed by atoms with Gasteiger partial charge in [-0.05, 0) is 42.3 Å². The van der Waals surface area contributed by atoms with Gasteiger partial charge >= 0.3 is 0 Å². The molecule has 0 saturated carbocycles. The Kier molecular flexibility index (Phi) is 6.22. The van der Waals surface area contributed by atoms with Gasteiger partial charge in [0.05, 0.1) is 19.9 Å². The van der Waals surface area contributed by atoms with Crippen molar-refractivity contribution in [3.05, 3.63) is 48.0 Å². The number of anilines is 2. The van der Waals surface area contributed by atoms with Crippen molar-refractivity contribution < 1.29 is 19.1 Å². The van der Waals surface area contributed by atoms with Crippen molar-refractivity contribution >= 4 is 23.2 Å². The molecule has 2 amide bonds. The molecule has 6 nitrogen and oxygen atoms in total. The highest BCUT2D eigenvalue weighted by molar-refractivity contribution is 6.14. The van der Waals surface area contributed by atoms with Crippen LogP contribution in [0.1, 0.15) is 19.4 Å². The molecule has 0 aliphatic rings. The first-order chi connectivity index (χ1) is 12.4. The van der Waals surface area contributed by atoms with Gasteiger partial charge in [-0.15, -0.1) is 0 Å². The molecule has 138 valence electrons. The van der Waals surface area contributed by atoms with E-state index in [-0.39, 0.29) is 11.8 Å². The summed E-state index contributed by atoms with van der Waals surface area (Å²) < 4.78 is 10.5. The molecule has 0 aliphatic carbocycles. The lowest BCUT2D eigenvalue weighted by atomic mass is 9.99. The van der Waals surface area contributed by atoms with Crippen LogP contribution in [0.2, 0.25) is 0 Å². The molecule has 6 heteroatoms. The van der Waals surface area contributed by atoms with E-state index in [4.69, 9.17) is 15.2 Å². The molecule has 26 heavy (non-hydrogen) atoms. The number of rotatable bonds is 6. The molecule has 2 rings (SSSR count). The highest BCUT2D eigenvalue weighted by atomic mass is 16.5. The summed E-state index contributed by atoms with van der Waals surface area (Å²) in [6.45, 7) is 3.16. The van der Waals surface area contributed by atoms with Crippen LogP contribution in [-0.4, -0.2) is 26.0 Å². The maximum atomic E-state index is 12.9. The van der Waals surface area contributed by atoms with Crippen molar-refractivity contribution in [2.24, 2.45) is 5.92 Å². The Balaban J connectivity index is 2.23. The van der Waals surface area contributed by atoms with Crippen molar-refractivity contribution in [2.45, 2.75) is 20.3 Å². The largest absolute Gasteiger partial charge is 0.493 e. The molecule has 2 aromatic carbocycles. The SMILES string of the molecule is COc1ccc(CC(C)C(=O)N(C(C)=O)c2cccc(N)c2)cc1OC. The fraction of sp³-hybridized carbons (Fsp3) is 0.300. The van der Waals surface area contributed by atoms with Gasteiger partial charge in [0.25, 0.3) is 0 Å². The van der Waals surface area contributed by atoms with Crippen LogP contribution < -0.4 is 20.1 Å². The number of benzene rings is 2. The van der Waals surface area contributed by atoms with Crippen LogP contribution in [-0.2, 0) is 16.0 Å². The number of nitrogens with zero attached hydrogens (tertiary/aromatic N) is 1. The van der Waals surface area contributed by atoms with Gasteiger partial charge < -0.3 is 15.2 Å². The smallest absolute Gasteiger partial charge is 0.236 e. The van der Waals surface area contributed by atoms with E-state index in [0.29, 0.717) is 29.3 Å². The lowest BCUT2D eigenvalue weighted by Crippen LogP contribution is -2.39. The molecule has 2 N–H and O–H groups in total. The first-order valence-electron chi connectivity index (χ1n) is 8.28. The van der Waals surface area contributed by atoms with E-state index >= 15 is 0 Å². The van der Waals surface area contributed by atoms with Crippen LogP contribution in [0.25, 0.3) is 0 Å². The standard InChI is InChI=1S/C20H24N2O4/c1-13(10-15-8-9-18(25-3)19(11-15)26-4)20(24)22(14(2)23)17-7-5-6-16(21)12-17/h5-9,11-13H,10,21H2,1-4H3. The van der Waals surface area contributed by atoms with Gasteiger partial charge in [0.15, 0.2) is 11.5 Å². The molecule has 0 radical (unpaired) electrons. The summed E-state index contributed by atoms with van der Waals surface area (Å²) in [5, 5.41) is 0. The molecule has 0 spiro atoms. The lowest BCUT2D eigenvalue weighted by Gasteiger charge is -2.23.